The first-order valence-corrected chi connectivity index (χ1v) is 27.9. The normalized spacial score (nSPS) is 14.6. The average Bonchev–Trinajstić information content (AvgIpc) is 2.97. The molecule has 5 rings (SSSR count). The lowest BCUT2D eigenvalue weighted by atomic mass is 10.2. The average molecular weight is 1080 g/mol. The third kappa shape index (κ3) is 8.16. The van der Waals surface area contributed by atoms with Crippen LogP contribution in [-0.2, 0) is 101 Å². The van der Waals surface area contributed by atoms with Crippen LogP contribution in [0.1, 0.15) is 0 Å². The monoisotopic (exact) mass is 1080 g/mol. The van der Waals surface area contributed by atoms with E-state index in [4.69, 9.17) is 0 Å². The van der Waals surface area contributed by atoms with Crippen LogP contribution in [0.25, 0.3) is 44.1 Å². The van der Waals surface area contributed by atoms with Crippen molar-refractivity contribution in [3.8, 4) is 0 Å². The maximum Gasteiger partial charge on any atom is 0.299 e. The summed E-state index contributed by atoms with van der Waals surface area (Å²) in [6.07, 6.45) is 0. The molecule has 3 aromatic carbocycles. The summed E-state index contributed by atoms with van der Waals surface area (Å²) in [6.45, 7) is 0. The Kier molecular flexibility index (Phi) is 10.9. The van der Waals surface area contributed by atoms with E-state index in [-0.39, 0.29) is 0 Å². The van der Waals surface area contributed by atoms with E-state index >= 15 is 0 Å². The SMILES string of the molecule is O=S(=O)(O)c1c(S(=O)(=O)O)c(S(=O)(=O)O)c2nc3c(S(=O)(=O)O)c4nc5c(S(=O)(=O)O)c(S(=O)(=O)O)c(S(=O)(=O)O)c(S(=O)(=O)O)c5nc4c(S(=O)(=O)O)c3nc2c1S(=O)(=O)O. The summed E-state index contributed by atoms with van der Waals surface area (Å²) in [7, 11) is -67.2. The van der Waals surface area contributed by atoms with E-state index in [1.807, 2.05) is 0 Å². The van der Waals surface area contributed by atoms with Crippen LogP contribution in [0.2, 0.25) is 0 Å². The highest BCUT2D eigenvalue weighted by atomic mass is 32.3. The van der Waals surface area contributed by atoms with Gasteiger partial charge in [0.25, 0.3) is 101 Å². The van der Waals surface area contributed by atoms with Crippen molar-refractivity contribution in [2.45, 2.75) is 49.0 Å². The zero-order valence-corrected chi connectivity index (χ0v) is 35.7. The van der Waals surface area contributed by atoms with E-state index < -0.39 is 194 Å². The lowest BCUT2D eigenvalue weighted by Gasteiger charge is -2.19. The standard InChI is InChI=1S/C18H10N4O30S10/c23-53(24,25)9-1-2(20-6-5(19-1)11(55(29,30)31)15(59(41,42)43)16(60(44,45)46)12(6)56(32,33)34)10(54(26,27)28)4-3(9)21-7-8(22-4)14(58(38,39)40)18(62(50,51)52)17(61(47,48)49)13(7)57(35,36)37/h(H,23,24,25)(H,26,27,28)(H,29,30,31)(H,32,33,34)(H,35,36,37)(H,38,39,40)(H,41,42,43)(H,44,45,46)(H,47,48,49)(H,50,51,52). The van der Waals surface area contributed by atoms with Gasteiger partial charge in [-0.3, -0.25) is 45.5 Å². The van der Waals surface area contributed by atoms with Crippen LogP contribution in [0.5, 0.6) is 0 Å². The molecule has 2 aromatic heterocycles. The second kappa shape index (κ2) is 13.7. The van der Waals surface area contributed by atoms with Crippen LogP contribution in [0, 0.1) is 0 Å². The first-order valence-electron chi connectivity index (χ1n) is 13.5. The van der Waals surface area contributed by atoms with E-state index in [9.17, 15) is 130 Å². The minimum absolute atomic E-state index is 2.24. The zero-order chi connectivity index (χ0) is 48.2. The lowest BCUT2D eigenvalue weighted by molar-refractivity contribution is 0.449. The molecule has 0 unspecified atom stereocenters. The molecule has 0 bridgehead atoms. The molecule has 5 aromatic rings. The largest absolute Gasteiger partial charge is 0.299 e. The Morgan fingerprint density at radius 2 is 0.274 bits per heavy atom. The minimum Gasteiger partial charge on any atom is -0.282 e. The van der Waals surface area contributed by atoms with Gasteiger partial charge in [0, 0.05) is 0 Å². The van der Waals surface area contributed by atoms with Gasteiger partial charge in [0.05, 0.1) is 0 Å². The van der Waals surface area contributed by atoms with Crippen molar-refractivity contribution in [3.63, 3.8) is 0 Å². The van der Waals surface area contributed by atoms with E-state index in [0.717, 1.165) is 0 Å². The van der Waals surface area contributed by atoms with E-state index in [1.165, 1.54) is 0 Å². The molecule has 0 spiro atoms. The highest BCUT2D eigenvalue weighted by Crippen LogP contribution is 2.45. The van der Waals surface area contributed by atoms with Crippen LogP contribution in [0.3, 0.4) is 0 Å². The van der Waals surface area contributed by atoms with Crippen molar-refractivity contribution < 1.29 is 130 Å². The smallest absolute Gasteiger partial charge is 0.282 e. The quantitative estimate of drug-likeness (QED) is 0.0476. The number of benzene rings is 3. The van der Waals surface area contributed by atoms with Gasteiger partial charge in [-0.15, -0.1) is 0 Å². The Hall–Kier alpha value is -4.04. The van der Waals surface area contributed by atoms with Gasteiger partial charge in [-0.05, 0) is 0 Å². The van der Waals surface area contributed by atoms with Gasteiger partial charge < -0.3 is 0 Å². The van der Waals surface area contributed by atoms with Crippen molar-refractivity contribution in [1.82, 2.24) is 19.9 Å². The molecule has 10 N–H and O–H groups in total. The highest BCUT2D eigenvalue weighted by Gasteiger charge is 2.46. The van der Waals surface area contributed by atoms with Gasteiger partial charge in [-0.1, -0.05) is 0 Å². The van der Waals surface area contributed by atoms with Crippen molar-refractivity contribution in [3.05, 3.63) is 0 Å². The van der Waals surface area contributed by atoms with Crippen LogP contribution in [-0.4, -0.2) is 150 Å². The molecule has 0 radical (unpaired) electrons. The minimum atomic E-state index is -6.78. The molecule has 0 aliphatic heterocycles. The maximum absolute atomic E-state index is 13.0. The first-order chi connectivity index (χ1) is 27.2. The fraction of sp³-hybridized carbons (Fsp3) is 0. The molecule has 0 saturated carbocycles. The van der Waals surface area contributed by atoms with Gasteiger partial charge in [0.2, 0.25) is 0 Å². The van der Waals surface area contributed by atoms with Crippen LogP contribution in [0.15, 0.2) is 49.0 Å². The molecule has 2 heterocycles. The molecule has 0 atom stereocenters. The Morgan fingerprint density at radius 3 is 0.371 bits per heavy atom. The summed E-state index contributed by atoms with van der Waals surface area (Å²) in [6, 6.07) is 0. The maximum atomic E-state index is 13.0. The van der Waals surface area contributed by atoms with Gasteiger partial charge >= 0.3 is 0 Å². The fourth-order valence-corrected chi connectivity index (χ4v) is 16.7. The topological polar surface area (TPSA) is 595 Å². The number of aromatic nitrogens is 4. The Labute approximate surface area is 341 Å². The van der Waals surface area contributed by atoms with Crippen LogP contribution in [0.4, 0.5) is 0 Å². The lowest BCUT2D eigenvalue weighted by Crippen LogP contribution is -2.21. The van der Waals surface area contributed by atoms with Crippen molar-refractivity contribution in [1.29, 1.82) is 0 Å². The summed E-state index contributed by atoms with van der Waals surface area (Å²) in [5.41, 5.74) is -18.4. The third-order valence-corrected chi connectivity index (χ3v) is 17.3. The second-order valence-corrected chi connectivity index (χ2v) is 24.9. The van der Waals surface area contributed by atoms with E-state index in [1.54, 1.807) is 0 Å². The molecule has 34 nitrogen and oxygen atoms in total. The van der Waals surface area contributed by atoms with E-state index in [0.29, 0.717) is 0 Å². The molecule has 342 valence electrons. The van der Waals surface area contributed by atoms with E-state index in [2.05, 4.69) is 19.9 Å². The van der Waals surface area contributed by atoms with Gasteiger partial charge in [-0.25, -0.2) is 19.9 Å². The molecule has 0 fully saturated rings. The zero-order valence-electron chi connectivity index (χ0n) is 27.5. The van der Waals surface area contributed by atoms with Crippen molar-refractivity contribution >= 4 is 145 Å². The third-order valence-electron chi connectivity index (χ3n) is 7.33. The number of rotatable bonds is 10. The predicted molar refractivity (Wildman–Crippen MR) is 186 cm³/mol. The number of hydrogen-bond donors (Lipinski definition) is 10. The summed E-state index contributed by atoms with van der Waals surface area (Å²) >= 11 is 0. The Morgan fingerprint density at radius 1 is 0.177 bits per heavy atom. The predicted octanol–water partition coefficient (Wildman–Crippen LogP) is -3.65. The summed E-state index contributed by atoms with van der Waals surface area (Å²) in [4.78, 5) is -15.8. The molecular weight excluding hydrogens is 1070 g/mol. The molecule has 0 amide bonds. The Balaban J connectivity index is 2.53. The van der Waals surface area contributed by atoms with Gasteiger partial charge in [0.15, 0.2) is 0 Å². The first kappa shape index (κ1) is 49.0. The molecule has 0 aliphatic carbocycles. The number of hydrogen-bond acceptors (Lipinski definition) is 24. The molecular formula is C18H10N4O30S10. The summed E-state index contributed by atoms with van der Waals surface area (Å²) in [5.74, 6) is 0. The van der Waals surface area contributed by atoms with Crippen molar-refractivity contribution in [2.24, 2.45) is 0 Å². The highest BCUT2D eigenvalue weighted by molar-refractivity contribution is 7.93. The van der Waals surface area contributed by atoms with Crippen LogP contribution >= 0.6 is 0 Å². The summed E-state index contributed by atoms with van der Waals surface area (Å²) in [5, 5.41) is 0. The molecule has 0 aliphatic rings. The molecule has 0 saturated heterocycles. The second-order valence-electron chi connectivity index (χ2n) is 11.3. The Bertz CT molecular complexity index is 3690. The number of fused-ring (bicyclic) bond motifs is 4. The molecule has 44 heteroatoms. The van der Waals surface area contributed by atoms with Crippen LogP contribution < -0.4 is 0 Å². The summed E-state index contributed by atoms with van der Waals surface area (Å²) < 4.78 is 353. The fourth-order valence-electron chi connectivity index (χ4n) is 5.59. The van der Waals surface area contributed by atoms with Gasteiger partial charge in [0.1, 0.15) is 93.1 Å². The number of nitrogens with zero attached hydrogens (tertiary/aromatic N) is 4. The van der Waals surface area contributed by atoms with Crippen molar-refractivity contribution in [2.75, 3.05) is 0 Å². The molecule has 62 heavy (non-hydrogen) atoms. The van der Waals surface area contributed by atoms with Gasteiger partial charge in [-0.2, -0.15) is 84.2 Å².